The Balaban J connectivity index is 2.64. The van der Waals surface area contributed by atoms with Crippen molar-refractivity contribution in [2.45, 2.75) is 30.4 Å². The lowest BCUT2D eigenvalue weighted by Gasteiger charge is -2.35. The molecule has 1 saturated carbocycles. The van der Waals surface area contributed by atoms with Crippen LogP contribution in [0.2, 0.25) is 0 Å². The van der Waals surface area contributed by atoms with Gasteiger partial charge in [-0.1, -0.05) is 0 Å². The van der Waals surface area contributed by atoms with Gasteiger partial charge in [-0.25, -0.2) is 0 Å². The lowest BCUT2D eigenvalue weighted by atomic mass is 9.92. The lowest BCUT2D eigenvalue weighted by molar-refractivity contribution is -0.220. The Bertz CT molecular complexity index is 177. The molecule has 1 unspecified atom stereocenters. The molecule has 1 atom stereocenters. The second kappa shape index (κ2) is 3.73. The third-order valence-corrected chi connectivity index (χ3v) is 2.73. The van der Waals surface area contributed by atoms with Gasteiger partial charge in [0.25, 0.3) is 0 Å². The summed E-state index contributed by atoms with van der Waals surface area (Å²) in [6, 6.07) is 0. The number of carbonyl (C=O) groups is 1. The van der Waals surface area contributed by atoms with Gasteiger partial charge < -0.3 is 9.47 Å². The zero-order valence-corrected chi connectivity index (χ0v) is 8.06. The van der Waals surface area contributed by atoms with Gasteiger partial charge in [0.1, 0.15) is 0 Å². The molecule has 0 N–H and O–H groups in total. The molecule has 0 aromatic carbocycles. The van der Waals surface area contributed by atoms with Gasteiger partial charge in [0.15, 0.2) is 11.6 Å². The van der Waals surface area contributed by atoms with E-state index in [0.717, 1.165) is 0 Å². The summed E-state index contributed by atoms with van der Waals surface area (Å²) in [5, 5.41) is -0.460. The average molecular weight is 193 g/mol. The summed E-state index contributed by atoms with van der Waals surface area (Å²) in [4.78, 5) is 11.1. The van der Waals surface area contributed by atoms with Crippen LogP contribution < -0.4 is 0 Å². The predicted molar refractivity (Wildman–Crippen MR) is 45.2 cm³/mol. The first-order valence-corrected chi connectivity index (χ1v) is 4.34. The van der Waals surface area contributed by atoms with Gasteiger partial charge in [0.2, 0.25) is 0 Å². The lowest BCUT2D eigenvalue weighted by Crippen LogP contribution is -2.43. The zero-order chi connectivity index (χ0) is 9.19. The summed E-state index contributed by atoms with van der Waals surface area (Å²) < 4.78 is 10.4. The fourth-order valence-corrected chi connectivity index (χ4v) is 1.76. The van der Waals surface area contributed by atoms with Crippen LogP contribution in [-0.4, -0.2) is 31.2 Å². The molecule has 0 aromatic rings. The number of halogens is 1. The maximum Gasteiger partial charge on any atom is 0.169 e. The van der Waals surface area contributed by atoms with E-state index < -0.39 is 11.2 Å². The number of carbonyl (C=O) groups excluding carboxylic acids is 1. The van der Waals surface area contributed by atoms with Crippen LogP contribution in [0, 0.1) is 0 Å². The molecule has 1 fully saturated rings. The molecule has 0 aliphatic heterocycles. The summed E-state index contributed by atoms with van der Waals surface area (Å²) >= 11 is 5.80. The Morgan fingerprint density at radius 1 is 1.50 bits per heavy atom. The van der Waals surface area contributed by atoms with Crippen LogP contribution in [-0.2, 0) is 14.3 Å². The Labute approximate surface area is 77.0 Å². The molecule has 0 amide bonds. The number of methoxy groups -OCH3 is 2. The second-order valence-electron chi connectivity index (χ2n) is 2.96. The van der Waals surface area contributed by atoms with Crippen molar-refractivity contribution in [2.24, 2.45) is 0 Å². The molecule has 0 bridgehead atoms. The van der Waals surface area contributed by atoms with Crippen LogP contribution in [0.15, 0.2) is 0 Å². The molecule has 12 heavy (non-hydrogen) atoms. The fourth-order valence-electron chi connectivity index (χ4n) is 1.41. The third-order valence-electron chi connectivity index (χ3n) is 2.34. The first kappa shape index (κ1) is 9.96. The Hall–Kier alpha value is -0.120. The maximum atomic E-state index is 11.1. The Morgan fingerprint density at radius 3 is 2.50 bits per heavy atom. The minimum atomic E-state index is -0.639. The maximum absolute atomic E-state index is 11.1. The van der Waals surface area contributed by atoms with Crippen molar-refractivity contribution in [3.63, 3.8) is 0 Å². The van der Waals surface area contributed by atoms with E-state index in [9.17, 15) is 4.79 Å². The van der Waals surface area contributed by atoms with Gasteiger partial charge in [-0.15, -0.1) is 11.6 Å². The smallest absolute Gasteiger partial charge is 0.169 e. The van der Waals surface area contributed by atoms with E-state index in [2.05, 4.69) is 0 Å². The molecule has 1 aliphatic carbocycles. The highest BCUT2D eigenvalue weighted by Gasteiger charge is 2.39. The minimum Gasteiger partial charge on any atom is -0.353 e. The molecular formula is C8H13ClO3. The summed E-state index contributed by atoms with van der Waals surface area (Å²) in [5.74, 6) is -0.554. The van der Waals surface area contributed by atoms with E-state index in [1.807, 2.05) is 0 Å². The molecule has 1 aliphatic rings. The van der Waals surface area contributed by atoms with Gasteiger partial charge >= 0.3 is 0 Å². The second-order valence-corrected chi connectivity index (χ2v) is 3.48. The quantitative estimate of drug-likeness (QED) is 0.489. The number of ether oxygens (including phenoxy) is 2. The SMILES string of the molecule is COC1(OC)CCC(=O)C(Cl)C1. The molecule has 0 saturated heterocycles. The van der Waals surface area contributed by atoms with Gasteiger partial charge in [-0.3, -0.25) is 4.79 Å². The number of hydrogen-bond donors (Lipinski definition) is 0. The van der Waals surface area contributed by atoms with E-state index >= 15 is 0 Å². The highest BCUT2D eigenvalue weighted by molar-refractivity contribution is 6.31. The summed E-state index contributed by atoms with van der Waals surface area (Å²) in [6.45, 7) is 0. The first-order chi connectivity index (χ1) is 5.63. The van der Waals surface area contributed by atoms with Crippen molar-refractivity contribution in [1.29, 1.82) is 0 Å². The minimum absolute atomic E-state index is 0.0846. The highest BCUT2D eigenvalue weighted by atomic mass is 35.5. The van der Waals surface area contributed by atoms with Crippen LogP contribution in [0.5, 0.6) is 0 Å². The first-order valence-electron chi connectivity index (χ1n) is 3.90. The molecule has 3 nitrogen and oxygen atoms in total. The molecular weight excluding hydrogens is 180 g/mol. The normalized spacial score (nSPS) is 28.9. The van der Waals surface area contributed by atoms with E-state index in [1.165, 1.54) is 0 Å². The van der Waals surface area contributed by atoms with Gasteiger partial charge in [-0.2, -0.15) is 0 Å². The molecule has 0 heterocycles. The van der Waals surface area contributed by atoms with Gasteiger partial charge in [0, 0.05) is 33.5 Å². The van der Waals surface area contributed by atoms with E-state index in [1.54, 1.807) is 14.2 Å². The van der Waals surface area contributed by atoms with Gasteiger partial charge in [0.05, 0.1) is 5.38 Å². The number of Topliss-reactive ketones (excluding diaryl/α,β-unsaturated/α-hetero) is 1. The van der Waals surface area contributed by atoms with Crippen molar-refractivity contribution in [1.82, 2.24) is 0 Å². The van der Waals surface area contributed by atoms with Crippen LogP contribution in [0.3, 0.4) is 0 Å². The van der Waals surface area contributed by atoms with Crippen molar-refractivity contribution in [3.8, 4) is 0 Å². The fraction of sp³-hybridized carbons (Fsp3) is 0.875. The van der Waals surface area contributed by atoms with Crippen molar-refractivity contribution < 1.29 is 14.3 Å². The Kier molecular flexibility index (Phi) is 3.09. The molecule has 1 rings (SSSR count). The van der Waals surface area contributed by atoms with Crippen LogP contribution in [0.1, 0.15) is 19.3 Å². The van der Waals surface area contributed by atoms with Crippen LogP contribution >= 0.6 is 11.6 Å². The Morgan fingerprint density at radius 2 is 2.08 bits per heavy atom. The molecule has 0 aromatic heterocycles. The number of alkyl halides is 1. The van der Waals surface area contributed by atoms with Crippen molar-refractivity contribution in [2.75, 3.05) is 14.2 Å². The van der Waals surface area contributed by atoms with Crippen molar-refractivity contribution in [3.05, 3.63) is 0 Å². The largest absolute Gasteiger partial charge is 0.353 e. The summed E-state index contributed by atoms with van der Waals surface area (Å²) in [5.41, 5.74) is 0. The molecule has 0 spiro atoms. The average Bonchev–Trinajstić information content (AvgIpc) is 2.10. The highest BCUT2D eigenvalue weighted by Crippen LogP contribution is 2.32. The van der Waals surface area contributed by atoms with Crippen LogP contribution in [0.25, 0.3) is 0 Å². The molecule has 4 heteroatoms. The third kappa shape index (κ3) is 1.79. The standard InChI is InChI=1S/C8H13ClO3/c1-11-8(12-2)4-3-7(10)6(9)5-8/h6H,3-5H2,1-2H3. The molecule has 70 valence electrons. The summed E-state index contributed by atoms with van der Waals surface area (Å²) in [6.07, 6.45) is 1.48. The van der Waals surface area contributed by atoms with Gasteiger partial charge in [-0.05, 0) is 0 Å². The van der Waals surface area contributed by atoms with E-state index in [4.69, 9.17) is 21.1 Å². The topological polar surface area (TPSA) is 35.5 Å². The van der Waals surface area contributed by atoms with E-state index in [-0.39, 0.29) is 5.78 Å². The summed E-state index contributed by atoms with van der Waals surface area (Å²) in [7, 11) is 3.14. The van der Waals surface area contributed by atoms with Crippen molar-refractivity contribution >= 4 is 17.4 Å². The van der Waals surface area contributed by atoms with E-state index in [0.29, 0.717) is 19.3 Å². The van der Waals surface area contributed by atoms with Crippen LogP contribution in [0.4, 0.5) is 0 Å². The number of hydrogen-bond acceptors (Lipinski definition) is 3. The monoisotopic (exact) mass is 192 g/mol. The molecule has 0 radical (unpaired) electrons. The number of rotatable bonds is 2. The zero-order valence-electron chi connectivity index (χ0n) is 7.30. The number of ketones is 1. The predicted octanol–water partition coefficient (Wildman–Crippen LogP) is 1.34.